The van der Waals surface area contributed by atoms with Gasteiger partial charge in [0.15, 0.2) is 12.0 Å². The third kappa shape index (κ3) is 3.76. The monoisotopic (exact) mass is 340 g/mol. The number of furan rings is 1. The quantitative estimate of drug-likeness (QED) is 0.803. The molecule has 2 heterocycles. The Hall–Kier alpha value is -2.56. The maximum atomic E-state index is 12.4. The first-order chi connectivity index (χ1) is 11.9. The van der Waals surface area contributed by atoms with E-state index in [4.69, 9.17) is 4.42 Å². The Morgan fingerprint density at radius 2 is 1.64 bits per heavy atom. The summed E-state index contributed by atoms with van der Waals surface area (Å²) in [5, 5.41) is 0. The lowest BCUT2D eigenvalue weighted by Crippen LogP contribution is -2.51. The van der Waals surface area contributed by atoms with Gasteiger partial charge in [-0.05, 0) is 36.4 Å². The van der Waals surface area contributed by atoms with E-state index in [2.05, 4.69) is 17.0 Å². The Labute approximate surface area is 148 Å². The molecule has 0 spiro atoms. The molecule has 1 aliphatic rings. The molecule has 0 saturated carbocycles. The summed E-state index contributed by atoms with van der Waals surface area (Å²) in [6.07, 6.45) is 0.705. The molecule has 0 atom stereocenters. The Balaban J connectivity index is 1.64. The second-order valence-electron chi connectivity index (χ2n) is 7.40. The van der Waals surface area contributed by atoms with Crippen LogP contribution in [0.25, 0.3) is 11.3 Å². The minimum absolute atomic E-state index is 0.214. The number of amides is 1. The smallest absolute Gasteiger partial charge is 0.228 e. The molecular weight excluding hydrogens is 316 g/mol. The fourth-order valence-electron chi connectivity index (χ4n) is 3.05. The third-order valence-electron chi connectivity index (χ3n) is 4.47. The lowest BCUT2D eigenvalue weighted by Gasteiger charge is -2.38. The molecule has 1 aliphatic heterocycles. The summed E-state index contributed by atoms with van der Waals surface area (Å²) < 4.78 is 5.45. The number of carbonyl (C=O) groups is 2. The molecule has 0 N–H and O–H groups in total. The molecular formula is C20H24N2O3. The number of hydrogen-bond donors (Lipinski definition) is 0. The van der Waals surface area contributed by atoms with Crippen LogP contribution in [0.4, 0.5) is 5.69 Å². The summed E-state index contributed by atoms with van der Waals surface area (Å²) in [5.74, 6) is 1.24. The van der Waals surface area contributed by atoms with Gasteiger partial charge in [-0.2, -0.15) is 0 Å². The van der Waals surface area contributed by atoms with Crippen LogP contribution in [0.2, 0.25) is 0 Å². The SMILES string of the molecule is CC(C)(C)C(=O)N1CCN(c2ccc(-c3ccc(C=O)o3)cc2)CC1. The molecule has 3 rings (SSSR count). The van der Waals surface area contributed by atoms with Crippen molar-refractivity contribution < 1.29 is 14.0 Å². The standard InChI is InChI=1S/C20H24N2O3/c1-20(2,3)19(24)22-12-10-21(11-13-22)16-6-4-15(5-7-16)18-9-8-17(14-23)25-18/h4-9,14H,10-13H2,1-3H3. The topological polar surface area (TPSA) is 53.8 Å². The van der Waals surface area contributed by atoms with E-state index in [0.29, 0.717) is 17.8 Å². The van der Waals surface area contributed by atoms with Crippen LogP contribution in [0.3, 0.4) is 0 Å². The highest BCUT2D eigenvalue weighted by molar-refractivity contribution is 5.81. The molecule has 5 heteroatoms. The van der Waals surface area contributed by atoms with E-state index in [1.54, 1.807) is 12.1 Å². The van der Waals surface area contributed by atoms with Gasteiger partial charge in [0.05, 0.1) is 0 Å². The molecule has 25 heavy (non-hydrogen) atoms. The van der Waals surface area contributed by atoms with Crippen molar-refractivity contribution in [1.82, 2.24) is 4.90 Å². The summed E-state index contributed by atoms with van der Waals surface area (Å²) >= 11 is 0. The molecule has 1 aromatic heterocycles. The van der Waals surface area contributed by atoms with Gasteiger partial charge in [0, 0.05) is 42.8 Å². The van der Waals surface area contributed by atoms with Crippen LogP contribution in [-0.2, 0) is 4.79 Å². The maximum Gasteiger partial charge on any atom is 0.228 e. The maximum absolute atomic E-state index is 12.4. The average Bonchev–Trinajstić information content (AvgIpc) is 3.10. The summed E-state index contributed by atoms with van der Waals surface area (Å²) in [6.45, 7) is 9.05. The predicted molar refractivity (Wildman–Crippen MR) is 97.8 cm³/mol. The Bertz CT molecular complexity index is 748. The van der Waals surface area contributed by atoms with Crippen LogP contribution < -0.4 is 4.90 Å². The van der Waals surface area contributed by atoms with Crippen LogP contribution >= 0.6 is 0 Å². The zero-order chi connectivity index (χ0) is 18.0. The first-order valence-electron chi connectivity index (χ1n) is 8.58. The second kappa shape index (κ2) is 6.75. The van der Waals surface area contributed by atoms with Gasteiger partial charge in [0.2, 0.25) is 5.91 Å². The van der Waals surface area contributed by atoms with E-state index in [1.807, 2.05) is 37.8 Å². The van der Waals surface area contributed by atoms with E-state index in [1.165, 1.54) is 0 Å². The Morgan fingerprint density at radius 3 is 2.16 bits per heavy atom. The van der Waals surface area contributed by atoms with Gasteiger partial charge in [-0.15, -0.1) is 0 Å². The highest BCUT2D eigenvalue weighted by Gasteiger charge is 2.29. The number of carbonyl (C=O) groups excluding carboxylic acids is 2. The van der Waals surface area contributed by atoms with Crippen LogP contribution in [0.1, 0.15) is 31.3 Å². The fourth-order valence-corrected chi connectivity index (χ4v) is 3.05. The molecule has 5 nitrogen and oxygen atoms in total. The number of hydrogen-bond acceptors (Lipinski definition) is 4. The summed E-state index contributed by atoms with van der Waals surface area (Å²) in [6, 6.07) is 11.6. The van der Waals surface area contributed by atoms with E-state index < -0.39 is 0 Å². The minimum Gasteiger partial charge on any atom is -0.453 e. The lowest BCUT2D eigenvalue weighted by molar-refractivity contribution is -0.139. The van der Waals surface area contributed by atoms with Gasteiger partial charge >= 0.3 is 0 Å². The molecule has 0 aliphatic carbocycles. The van der Waals surface area contributed by atoms with Crippen LogP contribution in [0.5, 0.6) is 0 Å². The van der Waals surface area contributed by atoms with Gasteiger partial charge in [-0.25, -0.2) is 0 Å². The van der Waals surface area contributed by atoms with Crippen molar-refractivity contribution in [2.45, 2.75) is 20.8 Å². The number of benzene rings is 1. The molecule has 1 aromatic carbocycles. The number of aldehydes is 1. The highest BCUT2D eigenvalue weighted by atomic mass is 16.3. The van der Waals surface area contributed by atoms with Crippen molar-refractivity contribution in [2.75, 3.05) is 31.1 Å². The van der Waals surface area contributed by atoms with Gasteiger partial charge in [-0.3, -0.25) is 9.59 Å². The first-order valence-corrected chi connectivity index (χ1v) is 8.58. The summed E-state index contributed by atoms with van der Waals surface area (Å²) in [4.78, 5) is 27.3. The van der Waals surface area contributed by atoms with Gasteiger partial charge in [0.1, 0.15) is 5.76 Å². The van der Waals surface area contributed by atoms with Crippen LogP contribution in [0.15, 0.2) is 40.8 Å². The molecule has 1 fully saturated rings. The van der Waals surface area contributed by atoms with Crippen molar-refractivity contribution in [3.8, 4) is 11.3 Å². The molecule has 1 saturated heterocycles. The van der Waals surface area contributed by atoms with Crippen molar-refractivity contribution >= 4 is 17.9 Å². The Kier molecular flexibility index (Phi) is 4.66. The number of nitrogens with zero attached hydrogens (tertiary/aromatic N) is 2. The zero-order valence-electron chi connectivity index (χ0n) is 15.0. The second-order valence-corrected chi connectivity index (χ2v) is 7.40. The Morgan fingerprint density at radius 1 is 1.00 bits per heavy atom. The number of piperazine rings is 1. The molecule has 0 radical (unpaired) electrons. The van der Waals surface area contributed by atoms with Crippen molar-refractivity contribution in [3.05, 3.63) is 42.2 Å². The first kappa shape index (κ1) is 17.3. The number of anilines is 1. The molecule has 2 aromatic rings. The van der Waals surface area contributed by atoms with Gasteiger partial charge < -0.3 is 14.2 Å². The molecule has 0 unspecified atom stereocenters. The van der Waals surface area contributed by atoms with E-state index in [-0.39, 0.29) is 11.3 Å². The summed E-state index contributed by atoms with van der Waals surface area (Å²) in [5.41, 5.74) is 1.75. The van der Waals surface area contributed by atoms with E-state index in [0.717, 1.165) is 37.4 Å². The average molecular weight is 340 g/mol. The van der Waals surface area contributed by atoms with E-state index >= 15 is 0 Å². The molecule has 0 bridgehead atoms. The minimum atomic E-state index is -0.326. The largest absolute Gasteiger partial charge is 0.453 e. The predicted octanol–water partition coefficient (Wildman–Crippen LogP) is 3.45. The number of rotatable bonds is 3. The third-order valence-corrected chi connectivity index (χ3v) is 4.47. The summed E-state index contributed by atoms with van der Waals surface area (Å²) in [7, 11) is 0. The van der Waals surface area contributed by atoms with Crippen LogP contribution in [-0.4, -0.2) is 43.3 Å². The lowest BCUT2D eigenvalue weighted by atomic mass is 9.94. The zero-order valence-corrected chi connectivity index (χ0v) is 15.0. The van der Waals surface area contributed by atoms with Gasteiger partial charge in [0.25, 0.3) is 0 Å². The van der Waals surface area contributed by atoms with Crippen molar-refractivity contribution in [2.24, 2.45) is 5.41 Å². The fraction of sp³-hybridized carbons (Fsp3) is 0.400. The van der Waals surface area contributed by atoms with E-state index in [9.17, 15) is 9.59 Å². The van der Waals surface area contributed by atoms with Crippen molar-refractivity contribution in [1.29, 1.82) is 0 Å². The van der Waals surface area contributed by atoms with Crippen LogP contribution in [0, 0.1) is 5.41 Å². The van der Waals surface area contributed by atoms with Gasteiger partial charge in [-0.1, -0.05) is 20.8 Å². The van der Waals surface area contributed by atoms with Crippen molar-refractivity contribution in [3.63, 3.8) is 0 Å². The molecule has 1 amide bonds. The molecule has 132 valence electrons. The normalized spacial score (nSPS) is 15.3. The highest BCUT2D eigenvalue weighted by Crippen LogP contribution is 2.26.